The van der Waals surface area contributed by atoms with Crippen LogP contribution in [0.5, 0.6) is 0 Å². The molecule has 1 aliphatic carbocycles. The van der Waals surface area contributed by atoms with Crippen molar-refractivity contribution < 1.29 is 14.3 Å². The van der Waals surface area contributed by atoms with Gasteiger partial charge in [0.1, 0.15) is 5.54 Å². The van der Waals surface area contributed by atoms with Gasteiger partial charge in [-0.05, 0) is 19.4 Å². The summed E-state index contributed by atoms with van der Waals surface area (Å²) in [6, 6.07) is 0. The van der Waals surface area contributed by atoms with E-state index >= 15 is 0 Å². The fourth-order valence-corrected chi connectivity index (χ4v) is 3.87. The molecule has 1 saturated heterocycles. The highest BCUT2D eigenvalue weighted by molar-refractivity contribution is 5.89. The number of ether oxygens (including phenoxy) is 2. The maximum Gasteiger partial charge on any atom is 0.243 e. The van der Waals surface area contributed by atoms with Crippen molar-refractivity contribution in [3.63, 3.8) is 0 Å². The number of hydrogen-bond acceptors (Lipinski definition) is 5. The Labute approximate surface area is 173 Å². The topological polar surface area (TPSA) is 82.6 Å². The average Bonchev–Trinajstić information content (AvgIpc) is 2.99. The lowest BCUT2D eigenvalue weighted by atomic mass is 9.54. The Kier molecular flexibility index (Phi) is 8.14. The highest BCUT2D eigenvalue weighted by Crippen LogP contribution is 2.50. The molecule has 0 bridgehead atoms. The summed E-state index contributed by atoms with van der Waals surface area (Å²) in [5.74, 6) is 0.0124. The Morgan fingerprint density at radius 1 is 1.44 bits per heavy atom. The van der Waals surface area contributed by atoms with E-state index in [4.69, 9.17) is 15.2 Å². The molecule has 0 radical (unpaired) electrons. The summed E-state index contributed by atoms with van der Waals surface area (Å²) in [6.45, 7) is 11.0. The SMILES string of the molecule is CCOC1CC(N)(C(=O)N2CCOC(Cn3cc(C)cn3)C2)C1(C)C.Cl.Cl. The second-order valence-electron chi connectivity index (χ2n) is 7.82. The number of rotatable bonds is 5. The highest BCUT2D eigenvalue weighted by atomic mass is 35.5. The van der Waals surface area contributed by atoms with Gasteiger partial charge in [-0.3, -0.25) is 9.48 Å². The Hall–Kier alpha value is -0.860. The third-order valence-corrected chi connectivity index (χ3v) is 5.79. The second kappa shape index (κ2) is 9.09. The molecule has 9 heteroatoms. The van der Waals surface area contributed by atoms with Crippen LogP contribution in [0.2, 0.25) is 0 Å². The lowest BCUT2D eigenvalue weighted by Crippen LogP contribution is -2.76. The van der Waals surface area contributed by atoms with Crippen LogP contribution in [0.3, 0.4) is 0 Å². The van der Waals surface area contributed by atoms with E-state index in [9.17, 15) is 4.79 Å². The Bertz CT molecular complexity index is 640. The number of carbonyl (C=O) groups is 1. The number of halogens is 2. The van der Waals surface area contributed by atoms with Crippen molar-refractivity contribution in [3.05, 3.63) is 18.0 Å². The van der Waals surface area contributed by atoms with Gasteiger partial charge >= 0.3 is 0 Å². The largest absolute Gasteiger partial charge is 0.378 e. The van der Waals surface area contributed by atoms with Crippen molar-refractivity contribution in [2.24, 2.45) is 11.1 Å². The molecule has 1 aliphatic heterocycles. The molecular weight excluding hydrogens is 391 g/mol. The molecule has 27 heavy (non-hydrogen) atoms. The van der Waals surface area contributed by atoms with Gasteiger partial charge in [-0.2, -0.15) is 5.10 Å². The zero-order valence-corrected chi connectivity index (χ0v) is 18.1. The number of amides is 1. The van der Waals surface area contributed by atoms with E-state index < -0.39 is 5.54 Å². The van der Waals surface area contributed by atoms with Gasteiger partial charge < -0.3 is 20.1 Å². The second-order valence-corrected chi connectivity index (χ2v) is 7.82. The maximum atomic E-state index is 13.1. The van der Waals surface area contributed by atoms with Gasteiger partial charge in [0.05, 0.1) is 31.6 Å². The van der Waals surface area contributed by atoms with Crippen molar-refractivity contribution in [2.45, 2.75) is 58.4 Å². The zero-order chi connectivity index (χ0) is 18.2. The highest BCUT2D eigenvalue weighted by Gasteiger charge is 2.63. The molecule has 0 aromatic carbocycles. The van der Waals surface area contributed by atoms with Crippen LogP contribution in [0.1, 0.15) is 32.8 Å². The van der Waals surface area contributed by atoms with Crippen LogP contribution >= 0.6 is 24.8 Å². The number of aromatic nitrogens is 2. The summed E-state index contributed by atoms with van der Waals surface area (Å²) in [7, 11) is 0. The number of aryl methyl sites for hydroxylation is 1. The van der Waals surface area contributed by atoms with Gasteiger partial charge in [-0.1, -0.05) is 13.8 Å². The number of hydrogen-bond donors (Lipinski definition) is 1. The summed E-state index contributed by atoms with van der Waals surface area (Å²) < 4.78 is 13.4. The van der Waals surface area contributed by atoms with Crippen LogP contribution in [0.15, 0.2) is 12.4 Å². The lowest BCUT2D eigenvalue weighted by Gasteiger charge is -2.59. The molecule has 0 spiro atoms. The van der Waals surface area contributed by atoms with Crippen molar-refractivity contribution in [2.75, 3.05) is 26.3 Å². The van der Waals surface area contributed by atoms with Crippen LogP contribution in [-0.4, -0.2) is 64.6 Å². The van der Waals surface area contributed by atoms with E-state index in [0.29, 0.717) is 39.3 Å². The first-order valence-corrected chi connectivity index (χ1v) is 9.08. The van der Waals surface area contributed by atoms with Crippen molar-refractivity contribution >= 4 is 30.7 Å². The molecule has 2 aliphatic rings. The van der Waals surface area contributed by atoms with Gasteiger partial charge in [0.2, 0.25) is 5.91 Å². The van der Waals surface area contributed by atoms with E-state index in [1.165, 1.54) is 0 Å². The number of morpholine rings is 1. The molecule has 1 aromatic rings. The Morgan fingerprint density at radius 3 is 2.70 bits per heavy atom. The molecular formula is C18H32Cl2N4O3. The zero-order valence-electron chi connectivity index (χ0n) is 16.5. The van der Waals surface area contributed by atoms with Crippen LogP contribution in [0.4, 0.5) is 0 Å². The fourth-order valence-electron chi connectivity index (χ4n) is 3.87. The summed E-state index contributed by atoms with van der Waals surface area (Å²) in [5.41, 5.74) is 6.43. The molecule has 2 N–H and O–H groups in total. The standard InChI is InChI=1S/C18H30N4O3.2ClH/c1-5-24-15-8-18(19,17(15,3)4)16(23)21-6-7-25-14(11-21)12-22-10-13(2)9-20-22;;/h9-10,14-15H,5-8,11-12,19H2,1-4H3;2*1H. The van der Waals surface area contributed by atoms with E-state index in [0.717, 1.165) is 5.56 Å². The van der Waals surface area contributed by atoms with Gasteiger partial charge in [0.15, 0.2) is 0 Å². The molecule has 3 atom stereocenters. The maximum absolute atomic E-state index is 13.1. The summed E-state index contributed by atoms with van der Waals surface area (Å²) >= 11 is 0. The molecule has 2 fully saturated rings. The quantitative estimate of drug-likeness (QED) is 0.781. The Balaban J connectivity index is 0.00000182. The lowest BCUT2D eigenvalue weighted by molar-refractivity contribution is -0.184. The smallest absolute Gasteiger partial charge is 0.243 e. The number of nitrogens with two attached hydrogens (primary N) is 1. The summed E-state index contributed by atoms with van der Waals surface area (Å²) in [5, 5.41) is 4.30. The molecule has 3 unspecified atom stereocenters. The molecule has 1 saturated carbocycles. The number of carbonyl (C=O) groups excluding carboxylic acids is 1. The number of nitrogens with zero attached hydrogens (tertiary/aromatic N) is 3. The van der Waals surface area contributed by atoms with Crippen LogP contribution in [0, 0.1) is 12.3 Å². The molecule has 7 nitrogen and oxygen atoms in total. The summed E-state index contributed by atoms with van der Waals surface area (Å²) in [4.78, 5) is 15.0. The van der Waals surface area contributed by atoms with Crippen molar-refractivity contribution in [1.82, 2.24) is 14.7 Å². The van der Waals surface area contributed by atoms with Crippen LogP contribution in [0.25, 0.3) is 0 Å². The Morgan fingerprint density at radius 2 is 2.15 bits per heavy atom. The molecule has 1 aromatic heterocycles. The minimum atomic E-state index is -0.864. The third kappa shape index (κ3) is 4.43. The molecule has 2 heterocycles. The fraction of sp³-hybridized carbons (Fsp3) is 0.778. The van der Waals surface area contributed by atoms with Gasteiger partial charge in [-0.15, -0.1) is 24.8 Å². The first kappa shape index (κ1) is 24.2. The molecule has 3 rings (SSSR count). The van der Waals surface area contributed by atoms with Gasteiger partial charge in [0.25, 0.3) is 0 Å². The minimum absolute atomic E-state index is 0. The first-order valence-electron chi connectivity index (χ1n) is 9.08. The van der Waals surface area contributed by atoms with Crippen LogP contribution < -0.4 is 5.73 Å². The van der Waals surface area contributed by atoms with E-state index in [2.05, 4.69) is 5.10 Å². The van der Waals surface area contributed by atoms with Crippen molar-refractivity contribution in [3.8, 4) is 0 Å². The van der Waals surface area contributed by atoms with Crippen LogP contribution in [-0.2, 0) is 20.8 Å². The van der Waals surface area contributed by atoms with Gasteiger partial charge in [-0.25, -0.2) is 0 Å². The normalized spacial score (nSPS) is 29.3. The third-order valence-electron chi connectivity index (χ3n) is 5.79. The summed E-state index contributed by atoms with van der Waals surface area (Å²) in [6.07, 6.45) is 4.36. The monoisotopic (exact) mass is 422 g/mol. The average molecular weight is 423 g/mol. The van der Waals surface area contributed by atoms with Gasteiger partial charge in [0, 0.05) is 37.7 Å². The first-order chi connectivity index (χ1) is 11.8. The predicted octanol–water partition coefficient (Wildman–Crippen LogP) is 1.80. The predicted molar refractivity (Wildman–Crippen MR) is 109 cm³/mol. The van der Waals surface area contributed by atoms with E-state index in [1.54, 1.807) is 0 Å². The molecule has 156 valence electrons. The van der Waals surface area contributed by atoms with E-state index in [1.807, 2.05) is 49.7 Å². The van der Waals surface area contributed by atoms with E-state index in [-0.39, 0.29) is 48.3 Å². The van der Waals surface area contributed by atoms with Crippen molar-refractivity contribution in [1.29, 1.82) is 0 Å². The minimum Gasteiger partial charge on any atom is -0.378 e. The molecule has 1 amide bonds.